The molecule has 0 aliphatic rings. The van der Waals surface area contributed by atoms with E-state index in [2.05, 4.69) is 22.8 Å². The van der Waals surface area contributed by atoms with Gasteiger partial charge in [0.15, 0.2) is 0 Å². The second kappa shape index (κ2) is 11.2. The molecule has 28 heavy (non-hydrogen) atoms. The van der Waals surface area contributed by atoms with Crippen molar-refractivity contribution in [2.75, 3.05) is 5.32 Å². The van der Waals surface area contributed by atoms with Crippen LogP contribution in [0.3, 0.4) is 0 Å². The van der Waals surface area contributed by atoms with Crippen LogP contribution in [-0.4, -0.2) is 17.5 Å². The second-order valence-corrected chi connectivity index (χ2v) is 7.02. The Morgan fingerprint density at radius 1 is 0.929 bits per heavy atom. The van der Waals surface area contributed by atoms with Gasteiger partial charge in [-0.15, -0.1) is 0 Å². The maximum absolute atomic E-state index is 12.2. The SMILES string of the molecule is CCCCCCC(=O)NN=C(C)c1ccc(NC(=O)c2ccc(Cl)cc2)cc1. The smallest absolute Gasteiger partial charge is 0.255 e. The summed E-state index contributed by atoms with van der Waals surface area (Å²) in [5.41, 5.74) is 5.39. The quantitative estimate of drug-likeness (QED) is 0.336. The van der Waals surface area contributed by atoms with E-state index in [0.29, 0.717) is 28.4 Å². The summed E-state index contributed by atoms with van der Waals surface area (Å²) in [4.78, 5) is 24.0. The van der Waals surface area contributed by atoms with E-state index >= 15 is 0 Å². The summed E-state index contributed by atoms with van der Waals surface area (Å²) in [5.74, 6) is -0.271. The van der Waals surface area contributed by atoms with Crippen LogP contribution < -0.4 is 10.7 Å². The minimum Gasteiger partial charge on any atom is -0.322 e. The minimum atomic E-state index is -0.204. The predicted molar refractivity (Wildman–Crippen MR) is 115 cm³/mol. The van der Waals surface area contributed by atoms with Gasteiger partial charge in [0.1, 0.15) is 0 Å². The van der Waals surface area contributed by atoms with Gasteiger partial charge in [-0.3, -0.25) is 9.59 Å². The number of anilines is 1. The highest BCUT2D eigenvalue weighted by Crippen LogP contribution is 2.14. The number of carbonyl (C=O) groups is 2. The number of amides is 2. The summed E-state index contributed by atoms with van der Waals surface area (Å²) in [6.45, 7) is 3.97. The lowest BCUT2D eigenvalue weighted by molar-refractivity contribution is -0.121. The molecule has 148 valence electrons. The van der Waals surface area contributed by atoms with E-state index in [-0.39, 0.29) is 11.8 Å². The molecule has 0 unspecified atom stereocenters. The topological polar surface area (TPSA) is 70.6 Å². The number of hydrogen-bond donors (Lipinski definition) is 2. The molecule has 2 aromatic carbocycles. The molecular weight excluding hydrogens is 374 g/mol. The van der Waals surface area contributed by atoms with E-state index in [1.165, 1.54) is 0 Å². The van der Waals surface area contributed by atoms with Crippen molar-refractivity contribution in [1.29, 1.82) is 0 Å². The Morgan fingerprint density at radius 2 is 1.57 bits per heavy atom. The standard InChI is InChI=1S/C22H26ClN3O2/c1-3-4-5-6-7-21(27)26-25-16(2)17-10-14-20(15-11-17)24-22(28)18-8-12-19(23)13-9-18/h8-15H,3-7H2,1-2H3,(H,24,28)(H,26,27). The zero-order chi connectivity index (χ0) is 20.4. The summed E-state index contributed by atoms with van der Waals surface area (Å²) in [5, 5.41) is 7.58. The van der Waals surface area contributed by atoms with Gasteiger partial charge in [0.2, 0.25) is 5.91 Å². The molecule has 2 aromatic rings. The van der Waals surface area contributed by atoms with Crippen LogP contribution in [0.1, 0.15) is 61.9 Å². The molecule has 0 fully saturated rings. The van der Waals surface area contributed by atoms with Gasteiger partial charge < -0.3 is 5.32 Å². The Morgan fingerprint density at radius 3 is 2.21 bits per heavy atom. The highest BCUT2D eigenvalue weighted by molar-refractivity contribution is 6.30. The monoisotopic (exact) mass is 399 g/mol. The van der Waals surface area contributed by atoms with E-state index in [1.54, 1.807) is 36.4 Å². The third-order valence-corrected chi connectivity index (χ3v) is 4.52. The van der Waals surface area contributed by atoms with Crippen molar-refractivity contribution in [1.82, 2.24) is 5.43 Å². The molecule has 5 nitrogen and oxygen atoms in total. The lowest BCUT2D eigenvalue weighted by Crippen LogP contribution is -2.18. The summed E-state index contributed by atoms with van der Waals surface area (Å²) in [7, 11) is 0. The van der Waals surface area contributed by atoms with Gasteiger partial charge in [0.25, 0.3) is 5.91 Å². The van der Waals surface area contributed by atoms with Crippen LogP contribution >= 0.6 is 11.6 Å². The van der Waals surface area contributed by atoms with Gasteiger partial charge in [-0.1, -0.05) is 49.9 Å². The van der Waals surface area contributed by atoms with Crippen molar-refractivity contribution in [3.8, 4) is 0 Å². The lowest BCUT2D eigenvalue weighted by atomic mass is 10.1. The summed E-state index contributed by atoms with van der Waals surface area (Å²) in [6, 6.07) is 14.0. The van der Waals surface area contributed by atoms with Crippen LogP contribution in [0.4, 0.5) is 5.69 Å². The fraction of sp³-hybridized carbons (Fsp3) is 0.318. The number of benzene rings is 2. The Bertz CT molecular complexity index is 815. The first-order chi connectivity index (χ1) is 13.5. The normalized spacial score (nSPS) is 11.2. The second-order valence-electron chi connectivity index (χ2n) is 6.58. The van der Waals surface area contributed by atoms with Gasteiger partial charge >= 0.3 is 0 Å². The first-order valence-electron chi connectivity index (χ1n) is 9.50. The maximum Gasteiger partial charge on any atom is 0.255 e. The summed E-state index contributed by atoms with van der Waals surface area (Å²) in [6.07, 6.45) is 4.74. The van der Waals surface area contributed by atoms with Crippen molar-refractivity contribution in [3.63, 3.8) is 0 Å². The van der Waals surface area contributed by atoms with Crippen LogP contribution in [0.2, 0.25) is 5.02 Å². The molecule has 0 saturated heterocycles. The van der Waals surface area contributed by atoms with Crippen molar-refractivity contribution in [2.24, 2.45) is 5.10 Å². The largest absolute Gasteiger partial charge is 0.322 e. The van der Waals surface area contributed by atoms with Crippen LogP contribution in [0.25, 0.3) is 0 Å². The third-order valence-electron chi connectivity index (χ3n) is 4.27. The van der Waals surface area contributed by atoms with Crippen molar-refractivity contribution in [2.45, 2.75) is 46.0 Å². The van der Waals surface area contributed by atoms with E-state index in [0.717, 1.165) is 31.2 Å². The van der Waals surface area contributed by atoms with Crippen molar-refractivity contribution in [3.05, 3.63) is 64.7 Å². The van der Waals surface area contributed by atoms with E-state index in [1.807, 2.05) is 19.1 Å². The maximum atomic E-state index is 12.2. The van der Waals surface area contributed by atoms with E-state index in [9.17, 15) is 9.59 Å². The Kier molecular flexibility index (Phi) is 8.69. The average Bonchev–Trinajstić information content (AvgIpc) is 2.70. The number of nitrogens with one attached hydrogen (secondary N) is 2. The number of hydrogen-bond acceptors (Lipinski definition) is 3. The van der Waals surface area contributed by atoms with Crippen LogP contribution in [0.5, 0.6) is 0 Å². The van der Waals surface area contributed by atoms with E-state index < -0.39 is 0 Å². The Hall–Kier alpha value is -2.66. The van der Waals surface area contributed by atoms with Gasteiger partial charge in [-0.25, -0.2) is 5.43 Å². The van der Waals surface area contributed by atoms with Crippen LogP contribution in [-0.2, 0) is 4.79 Å². The number of hydrazone groups is 1. The third kappa shape index (κ3) is 7.16. The van der Waals surface area contributed by atoms with Gasteiger partial charge in [0.05, 0.1) is 5.71 Å². The fourth-order valence-electron chi connectivity index (χ4n) is 2.58. The molecule has 0 atom stereocenters. The molecular formula is C22H26ClN3O2. The number of rotatable bonds is 9. The first kappa shape index (κ1) is 21.6. The number of halogens is 1. The molecule has 2 N–H and O–H groups in total. The van der Waals surface area contributed by atoms with Crippen molar-refractivity contribution < 1.29 is 9.59 Å². The molecule has 0 aliphatic carbocycles. The molecule has 0 bridgehead atoms. The molecule has 2 amide bonds. The highest BCUT2D eigenvalue weighted by Gasteiger charge is 2.07. The zero-order valence-electron chi connectivity index (χ0n) is 16.3. The summed E-state index contributed by atoms with van der Waals surface area (Å²) < 4.78 is 0. The number of nitrogens with zero attached hydrogens (tertiary/aromatic N) is 1. The van der Waals surface area contributed by atoms with Gasteiger partial charge in [-0.05, 0) is 55.3 Å². The van der Waals surface area contributed by atoms with Gasteiger partial charge in [0, 0.05) is 22.7 Å². The fourth-order valence-corrected chi connectivity index (χ4v) is 2.70. The number of carbonyl (C=O) groups excluding carboxylic acids is 2. The number of unbranched alkanes of at least 4 members (excludes halogenated alkanes) is 3. The predicted octanol–water partition coefficient (Wildman–Crippen LogP) is 5.40. The van der Waals surface area contributed by atoms with Crippen LogP contribution in [0, 0.1) is 0 Å². The van der Waals surface area contributed by atoms with E-state index in [4.69, 9.17) is 11.6 Å². The highest BCUT2D eigenvalue weighted by atomic mass is 35.5. The zero-order valence-corrected chi connectivity index (χ0v) is 17.1. The molecule has 2 rings (SSSR count). The minimum absolute atomic E-state index is 0.0673. The first-order valence-corrected chi connectivity index (χ1v) is 9.88. The van der Waals surface area contributed by atoms with Crippen molar-refractivity contribution >= 4 is 34.8 Å². The van der Waals surface area contributed by atoms with Crippen LogP contribution in [0.15, 0.2) is 53.6 Å². The molecule has 0 spiro atoms. The molecule has 6 heteroatoms. The Labute approximate surface area is 171 Å². The average molecular weight is 400 g/mol. The summed E-state index contributed by atoms with van der Waals surface area (Å²) >= 11 is 5.84. The molecule has 0 saturated carbocycles. The lowest BCUT2D eigenvalue weighted by Gasteiger charge is -2.07. The molecule has 0 radical (unpaired) electrons. The van der Waals surface area contributed by atoms with Gasteiger partial charge in [-0.2, -0.15) is 5.10 Å². The molecule has 0 aliphatic heterocycles. The molecule has 0 heterocycles. The Balaban J connectivity index is 1.87. The molecule has 0 aromatic heterocycles.